The molecule has 1 aromatic heterocycles. The average Bonchev–Trinajstić information content (AvgIpc) is 2.66. The molecule has 1 saturated heterocycles. The molecular weight excluding hydrogens is 270 g/mol. The van der Waals surface area contributed by atoms with Gasteiger partial charge in [0, 0.05) is 30.1 Å². The molecule has 20 heavy (non-hydrogen) atoms. The van der Waals surface area contributed by atoms with Gasteiger partial charge in [-0.1, -0.05) is 0 Å². The molecule has 4 nitrogen and oxygen atoms in total. The first kappa shape index (κ1) is 15.7. The highest BCUT2D eigenvalue weighted by Gasteiger charge is 2.25. The standard InChI is InChI=1S/C15H27N3OS/c1-10-8-18(9-11(2)19-10)14-17-12(3)13(20-14)7-16-15(4,5)6/h10-11,16H,7-9H2,1-6H3. The quantitative estimate of drug-likeness (QED) is 0.931. The van der Waals surface area contributed by atoms with Gasteiger partial charge in [0.1, 0.15) is 0 Å². The molecule has 1 aromatic rings. The Balaban J connectivity index is 2.06. The number of nitrogens with one attached hydrogen (secondary N) is 1. The van der Waals surface area contributed by atoms with Crippen LogP contribution in [0.2, 0.25) is 0 Å². The lowest BCUT2D eigenvalue weighted by atomic mass is 10.1. The highest BCUT2D eigenvalue weighted by Crippen LogP contribution is 2.28. The second kappa shape index (κ2) is 6.00. The van der Waals surface area contributed by atoms with Crippen LogP contribution in [0.25, 0.3) is 0 Å². The Morgan fingerprint density at radius 3 is 2.45 bits per heavy atom. The Morgan fingerprint density at radius 2 is 1.90 bits per heavy atom. The molecule has 5 heteroatoms. The van der Waals surface area contributed by atoms with E-state index >= 15 is 0 Å². The molecule has 1 aliphatic rings. The Hall–Kier alpha value is -0.650. The summed E-state index contributed by atoms with van der Waals surface area (Å²) in [5, 5.41) is 4.67. The molecular formula is C15H27N3OS. The SMILES string of the molecule is Cc1nc(N2CC(C)OC(C)C2)sc1CNC(C)(C)C. The minimum Gasteiger partial charge on any atom is -0.372 e. The number of thiazole rings is 1. The normalized spacial score (nSPS) is 24.2. The molecule has 2 atom stereocenters. The van der Waals surface area contributed by atoms with Crippen LogP contribution in [0.4, 0.5) is 5.13 Å². The van der Waals surface area contributed by atoms with Gasteiger partial charge in [0.15, 0.2) is 5.13 Å². The van der Waals surface area contributed by atoms with Gasteiger partial charge < -0.3 is 15.0 Å². The highest BCUT2D eigenvalue weighted by atomic mass is 32.1. The van der Waals surface area contributed by atoms with Crippen molar-refractivity contribution in [3.63, 3.8) is 0 Å². The second-order valence-corrected chi connectivity index (χ2v) is 7.83. The molecule has 0 aromatic carbocycles. The zero-order chi connectivity index (χ0) is 14.9. The van der Waals surface area contributed by atoms with E-state index in [1.165, 1.54) is 4.88 Å². The predicted octanol–water partition coefficient (Wildman–Crippen LogP) is 2.95. The molecule has 0 aliphatic carbocycles. The van der Waals surface area contributed by atoms with Crippen molar-refractivity contribution in [2.75, 3.05) is 18.0 Å². The summed E-state index contributed by atoms with van der Waals surface area (Å²) in [6.07, 6.45) is 0.554. The lowest BCUT2D eigenvalue weighted by molar-refractivity contribution is -0.00523. The zero-order valence-electron chi connectivity index (χ0n) is 13.5. The average molecular weight is 297 g/mol. The van der Waals surface area contributed by atoms with Gasteiger partial charge in [-0.05, 0) is 41.5 Å². The number of nitrogens with zero attached hydrogens (tertiary/aromatic N) is 2. The van der Waals surface area contributed by atoms with Crippen LogP contribution in [0.5, 0.6) is 0 Å². The molecule has 0 spiro atoms. The second-order valence-electron chi connectivity index (χ2n) is 6.77. The maximum absolute atomic E-state index is 5.79. The summed E-state index contributed by atoms with van der Waals surface area (Å²) in [5.74, 6) is 0. The van der Waals surface area contributed by atoms with Crippen LogP contribution >= 0.6 is 11.3 Å². The van der Waals surface area contributed by atoms with E-state index in [2.05, 4.69) is 51.8 Å². The van der Waals surface area contributed by atoms with Crippen LogP contribution in [0.1, 0.15) is 45.2 Å². The summed E-state index contributed by atoms with van der Waals surface area (Å²) in [7, 11) is 0. The van der Waals surface area contributed by atoms with Gasteiger partial charge in [0.05, 0.1) is 17.9 Å². The van der Waals surface area contributed by atoms with E-state index in [-0.39, 0.29) is 17.7 Å². The molecule has 0 saturated carbocycles. The van der Waals surface area contributed by atoms with Gasteiger partial charge in [-0.25, -0.2) is 4.98 Å². The number of rotatable bonds is 3. The third-order valence-electron chi connectivity index (χ3n) is 3.35. The summed E-state index contributed by atoms with van der Waals surface area (Å²) < 4.78 is 5.79. The number of ether oxygens (including phenoxy) is 1. The van der Waals surface area contributed by atoms with Crippen molar-refractivity contribution < 1.29 is 4.74 Å². The first-order valence-electron chi connectivity index (χ1n) is 7.36. The molecule has 114 valence electrons. The summed E-state index contributed by atoms with van der Waals surface area (Å²) in [6.45, 7) is 15.7. The third-order valence-corrected chi connectivity index (χ3v) is 4.57. The smallest absolute Gasteiger partial charge is 0.185 e. The van der Waals surface area contributed by atoms with Crippen molar-refractivity contribution in [1.82, 2.24) is 10.3 Å². The number of anilines is 1. The first-order valence-corrected chi connectivity index (χ1v) is 8.18. The molecule has 1 N–H and O–H groups in total. The number of hydrogen-bond acceptors (Lipinski definition) is 5. The van der Waals surface area contributed by atoms with Gasteiger partial charge in [0.2, 0.25) is 0 Å². The lowest BCUT2D eigenvalue weighted by Gasteiger charge is -2.35. The van der Waals surface area contributed by atoms with E-state index in [0.717, 1.165) is 30.5 Å². The Bertz CT molecular complexity index is 442. The summed E-state index contributed by atoms with van der Waals surface area (Å²) in [6, 6.07) is 0. The van der Waals surface area contributed by atoms with E-state index in [1.807, 2.05) is 11.3 Å². The Morgan fingerprint density at radius 1 is 1.30 bits per heavy atom. The van der Waals surface area contributed by atoms with Gasteiger partial charge in [-0.3, -0.25) is 0 Å². The first-order chi connectivity index (χ1) is 9.24. The maximum Gasteiger partial charge on any atom is 0.185 e. The fourth-order valence-corrected chi connectivity index (χ4v) is 3.41. The van der Waals surface area contributed by atoms with Crippen LogP contribution in [-0.4, -0.2) is 35.8 Å². The predicted molar refractivity (Wildman–Crippen MR) is 85.7 cm³/mol. The number of hydrogen-bond donors (Lipinski definition) is 1. The molecule has 0 radical (unpaired) electrons. The van der Waals surface area contributed by atoms with E-state index in [1.54, 1.807) is 0 Å². The maximum atomic E-state index is 5.79. The fourth-order valence-electron chi connectivity index (χ4n) is 2.39. The van der Waals surface area contributed by atoms with E-state index in [4.69, 9.17) is 9.72 Å². The highest BCUT2D eigenvalue weighted by molar-refractivity contribution is 7.15. The monoisotopic (exact) mass is 297 g/mol. The van der Waals surface area contributed by atoms with Crippen LogP contribution < -0.4 is 10.2 Å². The van der Waals surface area contributed by atoms with Crippen molar-refractivity contribution in [3.05, 3.63) is 10.6 Å². The molecule has 0 bridgehead atoms. The molecule has 2 rings (SSSR count). The molecule has 0 amide bonds. The van der Waals surface area contributed by atoms with Gasteiger partial charge in [-0.2, -0.15) is 0 Å². The summed E-state index contributed by atoms with van der Waals surface area (Å²) in [4.78, 5) is 8.45. The molecule has 2 heterocycles. The van der Waals surface area contributed by atoms with E-state index in [9.17, 15) is 0 Å². The number of aromatic nitrogens is 1. The minimum absolute atomic E-state index is 0.137. The van der Waals surface area contributed by atoms with Crippen molar-refractivity contribution in [2.24, 2.45) is 0 Å². The molecule has 1 fully saturated rings. The Kier molecular flexibility index (Phi) is 4.72. The van der Waals surface area contributed by atoms with Crippen LogP contribution in [0.15, 0.2) is 0 Å². The third kappa shape index (κ3) is 4.17. The summed E-state index contributed by atoms with van der Waals surface area (Å²) >= 11 is 1.81. The number of morpholine rings is 1. The molecule has 2 unspecified atom stereocenters. The van der Waals surface area contributed by atoms with Crippen molar-refractivity contribution in [2.45, 2.75) is 65.8 Å². The van der Waals surface area contributed by atoms with Crippen LogP contribution in [0, 0.1) is 6.92 Å². The largest absolute Gasteiger partial charge is 0.372 e. The molecule has 1 aliphatic heterocycles. The summed E-state index contributed by atoms with van der Waals surface area (Å²) in [5.41, 5.74) is 1.28. The topological polar surface area (TPSA) is 37.4 Å². The van der Waals surface area contributed by atoms with Crippen LogP contribution in [0.3, 0.4) is 0 Å². The fraction of sp³-hybridized carbons (Fsp3) is 0.800. The number of aryl methyl sites for hydroxylation is 1. The lowest BCUT2D eigenvalue weighted by Crippen LogP contribution is -2.45. The van der Waals surface area contributed by atoms with Gasteiger partial charge >= 0.3 is 0 Å². The van der Waals surface area contributed by atoms with E-state index < -0.39 is 0 Å². The zero-order valence-corrected chi connectivity index (χ0v) is 14.3. The minimum atomic E-state index is 0.137. The Labute approximate surface area is 126 Å². The van der Waals surface area contributed by atoms with Crippen molar-refractivity contribution >= 4 is 16.5 Å². The van der Waals surface area contributed by atoms with Gasteiger partial charge in [-0.15, -0.1) is 11.3 Å². The van der Waals surface area contributed by atoms with E-state index in [0.29, 0.717) is 0 Å². The van der Waals surface area contributed by atoms with Gasteiger partial charge in [0.25, 0.3) is 0 Å². The van der Waals surface area contributed by atoms with Crippen molar-refractivity contribution in [1.29, 1.82) is 0 Å². The van der Waals surface area contributed by atoms with Crippen LogP contribution in [-0.2, 0) is 11.3 Å². The van der Waals surface area contributed by atoms with Crippen molar-refractivity contribution in [3.8, 4) is 0 Å².